The fourth-order valence-electron chi connectivity index (χ4n) is 3.96. The summed E-state index contributed by atoms with van der Waals surface area (Å²) in [5.74, 6) is 0. The number of piperidine rings is 1. The largest absolute Gasteiger partial charge is 0.379 e. The number of nitrogens with zero attached hydrogens (tertiary/aromatic N) is 2. The van der Waals surface area contributed by atoms with Crippen LogP contribution in [0.25, 0.3) is 0 Å². The second-order valence-electron chi connectivity index (χ2n) is 7.90. The van der Waals surface area contributed by atoms with Crippen molar-refractivity contribution in [2.75, 3.05) is 58.5 Å². The third kappa shape index (κ3) is 5.43. The highest BCUT2D eigenvalue weighted by molar-refractivity contribution is 5.53. The van der Waals surface area contributed by atoms with E-state index in [0.717, 1.165) is 39.3 Å². The van der Waals surface area contributed by atoms with Crippen LogP contribution >= 0.6 is 0 Å². The molecule has 0 radical (unpaired) electrons. The van der Waals surface area contributed by atoms with Gasteiger partial charge in [0.15, 0.2) is 0 Å². The maximum atomic E-state index is 6.11. The summed E-state index contributed by atoms with van der Waals surface area (Å²) in [5, 5.41) is 3.89. The number of aryl methyl sites for hydroxylation is 1. The summed E-state index contributed by atoms with van der Waals surface area (Å²) in [7, 11) is 4.16. The molecule has 3 rings (SSSR count). The third-order valence-electron chi connectivity index (χ3n) is 5.58. The molecule has 2 aliphatic heterocycles. The molecule has 2 saturated heterocycles. The van der Waals surface area contributed by atoms with Crippen molar-refractivity contribution < 1.29 is 9.47 Å². The van der Waals surface area contributed by atoms with E-state index in [1.807, 2.05) is 0 Å². The monoisotopic (exact) mass is 361 g/mol. The average Bonchev–Trinajstić information content (AvgIpc) is 2.64. The summed E-state index contributed by atoms with van der Waals surface area (Å²) in [6, 6.07) is 9.71. The number of benzene rings is 1. The number of rotatable bonds is 7. The van der Waals surface area contributed by atoms with Crippen molar-refractivity contribution in [3.63, 3.8) is 0 Å². The Kier molecular flexibility index (Phi) is 7.32. The van der Waals surface area contributed by atoms with Crippen molar-refractivity contribution in [1.82, 2.24) is 10.2 Å². The van der Waals surface area contributed by atoms with E-state index in [2.05, 4.69) is 60.4 Å². The standard InChI is InChI=1S/C21H35N3O2/c1-17-6-4-5-7-20(17)24-11-8-18(9-12-24)22-19-10-14-25-16-21(19)26-15-13-23(2)3/h4-7,18-19,21-22H,8-16H2,1-3H3/t19-,21-/m1/s1. The lowest BCUT2D eigenvalue weighted by molar-refractivity contribution is -0.0734. The van der Waals surface area contributed by atoms with Gasteiger partial charge in [0.05, 0.1) is 19.3 Å². The highest BCUT2D eigenvalue weighted by Gasteiger charge is 2.30. The number of likely N-dealkylation sites (N-methyl/N-ethyl adjacent to an activating group) is 1. The minimum Gasteiger partial charge on any atom is -0.379 e. The van der Waals surface area contributed by atoms with Crippen LogP contribution in [0.4, 0.5) is 5.69 Å². The Bertz CT molecular complexity index is 544. The van der Waals surface area contributed by atoms with Gasteiger partial charge in [-0.15, -0.1) is 0 Å². The zero-order valence-electron chi connectivity index (χ0n) is 16.6. The molecule has 1 N–H and O–H groups in total. The molecule has 0 spiro atoms. The van der Waals surface area contributed by atoms with Crippen LogP contribution < -0.4 is 10.2 Å². The smallest absolute Gasteiger partial charge is 0.0962 e. The van der Waals surface area contributed by atoms with Crippen LogP contribution in [0.15, 0.2) is 24.3 Å². The number of para-hydroxylation sites is 1. The number of hydrogen-bond acceptors (Lipinski definition) is 5. The number of ether oxygens (including phenoxy) is 2. The second-order valence-corrected chi connectivity index (χ2v) is 7.90. The first kappa shape index (κ1) is 19.6. The summed E-state index contributed by atoms with van der Waals surface area (Å²) in [6.07, 6.45) is 3.61. The predicted molar refractivity (Wildman–Crippen MR) is 107 cm³/mol. The molecule has 0 unspecified atom stereocenters. The normalized spacial score (nSPS) is 25.0. The Hall–Kier alpha value is -1.14. The third-order valence-corrected chi connectivity index (χ3v) is 5.58. The van der Waals surface area contributed by atoms with Crippen LogP contribution in [0.2, 0.25) is 0 Å². The predicted octanol–water partition coefficient (Wildman–Crippen LogP) is 2.29. The Morgan fingerprint density at radius 3 is 2.69 bits per heavy atom. The van der Waals surface area contributed by atoms with Gasteiger partial charge in [0, 0.05) is 44.0 Å². The van der Waals surface area contributed by atoms with Gasteiger partial charge in [-0.25, -0.2) is 0 Å². The Morgan fingerprint density at radius 2 is 1.96 bits per heavy atom. The first-order valence-corrected chi connectivity index (χ1v) is 10.0. The Balaban J connectivity index is 1.47. The van der Waals surface area contributed by atoms with Gasteiger partial charge in [-0.05, 0) is 51.9 Å². The lowest BCUT2D eigenvalue weighted by Gasteiger charge is -2.39. The molecule has 1 aromatic carbocycles. The topological polar surface area (TPSA) is 37.0 Å². The van der Waals surface area contributed by atoms with Crippen molar-refractivity contribution in [3.8, 4) is 0 Å². The van der Waals surface area contributed by atoms with E-state index >= 15 is 0 Å². The van der Waals surface area contributed by atoms with Crippen molar-refractivity contribution in [2.24, 2.45) is 0 Å². The lowest BCUT2D eigenvalue weighted by atomic mass is 9.99. The van der Waals surface area contributed by atoms with E-state index in [9.17, 15) is 0 Å². The molecule has 5 nitrogen and oxygen atoms in total. The number of nitrogens with one attached hydrogen (secondary N) is 1. The summed E-state index contributed by atoms with van der Waals surface area (Å²) < 4.78 is 11.8. The molecule has 2 heterocycles. The molecule has 0 aromatic heterocycles. The molecule has 2 fully saturated rings. The quantitative estimate of drug-likeness (QED) is 0.806. The maximum Gasteiger partial charge on any atom is 0.0962 e. The zero-order valence-corrected chi connectivity index (χ0v) is 16.6. The van der Waals surface area contributed by atoms with Gasteiger partial charge in [-0.2, -0.15) is 0 Å². The van der Waals surface area contributed by atoms with Gasteiger partial charge in [0.1, 0.15) is 0 Å². The van der Waals surface area contributed by atoms with Crippen molar-refractivity contribution >= 4 is 5.69 Å². The van der Waals surface area contributed by atoms with Crippen LogP contribution in [-0.4, -0.2) is 76.6 Å². The van der Waals surface area contributed by atoms with E-state index in [1.54, 1.807) is 0 Å². The van der Waals surface area contributed by atoms with Crippen molar-refractivity contribution in [2.45, 2.75) is 44.4 Å². The number of hydrogen-bond donors (Lipinski definition) is 1. The van der Waals surface area contributed by atoms with Gasteiger partial charge < -0.3 is 24.6 Å². The molecular formula is C21H35N3O2. The molecule has 146 valence electrons. The minimum atomic E-state index is 0.179. The molecular weight excluding hydrogens is 326 g/mol. The van der Waals surface area contributed by atoms with E-state index in [4.69, 9.17) is 9.47 Å². The average molecular weight is 362 g/mol. The maximum absolute atomic E-state index is 6.11. The summed E-state index contributed by atoms with van der Waals surface area (Å²) in [4.78, 5) is 4.69. The SMILES string of the molecule is Cc1ccccc1N1CCC(N[C@@H]2CCOC[C@H]2OCCN(C)C)CC1. The van der Waals surface area contributed by atoms with Crippen molar-refractivity contribution in [1.29, 1.82) is 0 Å². The van der Waals surface area contributed by atoms with Crippen LogP contribution in [0.5, 0.6) is 0 Å². The van der Waals surface area contributed by atoms with E-state index in [0.29, 0.717) is 18.7 Å². The number of anilines is 1. The second kappa shape index (κ2) is 9.70. The molecule has 2 aliphatic rings. The van der Waals surface area contributed by atoms with Gasteiger partial charge in [-0.1, -0.05) is 18.2 Å². The van der Waals surface area contributed by atoms with Gasteiger partial charge in [0.2, 0.25) is 0 Å². The minimum absolute atomic E-state index is 0.179. The molecule has 0 bridgehead atoms. The lowest BCUT2D eigenvalue weighted by Crippen LogP contribution is -2.54. The zero-order chi connectivity index (χ0) is 18.4. The van der Waals surface area contributed by atoms with E-state index in [-0.39, 0.29) is 6.10 Å². The Morgan fingerprint density at radius 1 is 1.19 bits per heavy atom. The molecule has 26 heavy (non-hydrogen) atoms. The highest BCUT2D eigenvalue weighted by Crippen LogP contribution is 2.24. The first-order chi connectivity index (χ1) is 12.6. The van der Waals surface area contributed by atoms with E-state index < -0.39 is 0 Å². The molecule has 5 heteroatoms. The molecule has 2 atom stereocenters. The van der Waals surface area contributed by atoms with Crippen LogP contribution in [0.1, 0.15) is 24.8 Å². The van der Waals surface area contributed by atoms with Crippen LogP contribution in [0, 0.1) is 6.92 Å². The van der Waals surface area contributed by atoms with Gasteiger partial charge in [-0.3, -0.25) is 0 Å². The first-order valence-electron chi connectivity index (χ1n) is 10.0. The van der Waals surface area contributed by atoms with Gasteiger partial charge in [0.25, 0.3) is 0 Å². The van der Waals surface area contributed by atoms with Gasteiger partial charge >= 0.3 is 0 Å². The fourth-order valence-corrected chi connectivity index (χ4v) is 3.96. The van der Waals surface area contributed by atoms with Crippen LogP contribution in [-0.2, 0) is 9.47 Å². The summed E-state index contributed by atoms with van der Waals surface area (Å²) in [6.45, 7) is 7.73. The molecule has 0 aliphatic carbocycles. The fraction of sp³-hybridized carbons (Fsp3) is 0.714. The van der Waals surface area contributed by atoms with E-state index in [1.165, 1.54) is 24.1 Å². The summed E-state index contributed by atoms with van der Waals surface area (Å²) in [5.41, 5.74) is 2.76. The van der Waals surface area contributed by atoms with Crippen molar-refractivity contribution in [3.05, 3.63) is 29.8 Å². The van der Waals surface area contributed by atoms with Crippen LogP contribution in [0.3, 0.4) is 0 Å². The molecule has 0 saturated carbocycles. The highest BCUT2D eigenvalue weighted by atomic mass is 16.5. The summed E-state index contributed by atoms with van der Waals surface area (Å²) >= 11 is 0. The molecule has 1 aromatic rings. The molecule has 0 amide bonds. The Labute approximate surface area is 158 Å².